The Morgan fingerprint density at radius 3 is 2.83 bits per heavy atom. The van der Waals surface area contributed by atoms with Gasteiger partial charge in [0.15, 0.2) is 0 Å². The number of nitrogens with zero attached hydrogens (tertiary/aromatic N) is 2. The minimum absolute atomic E-state index is 0.0894. The number of phenolic OH excluding ortho intramolecular Hbond substituents is 1. The lowest BCUT2D eigenvalue weighted by molar-refractivity contribution is -0.133. The number of aromatic nitrogens is 1. The van der Waals surface area contributed by atoms with Gasteiger partial charge < -0.3 is 20.3 Å². The Labute approximate surface area is 215 Å². The van der Waals surface area contributed by atoms with E-state index in [-0.39, 0.29) is 17.7 Å². The highest BCUT2D eigenvalue weighted by molar-refractivity contribution is 9.10. The van der Waals surface area contributed by atoms with Gasteiger partial charge in [-0.3, -0.25) is 9.69 Å². The first-order valence-electron chi connectivity index (χ1n) is 12.3. The number of H-pyrrole nitrogens is 1. The van der Waals surface area contributed by atoms with Gasteiger partial charge in [-0.15, -0.1) is 0 Å². The third-order valence-electron chi connectivity index (χ3n) is 7.25. The maximum absolute atomic E-state index is 14.0. The Balaban J connectivity index is 1.56. The van der Waals surface area contributed by atoms with Crippen molar-refractivity contribution < 1.29 is 9.90 Å². The molecule has 3 N–H and O–H groups in total. The first-order chi connectivity index (χ1) is 16.7. The van der Waals surface area contributed by atoms with Crippen molar-refractivity contribution in [2.45, 2.75) is 45.2 Å². The molecule has 35 heavy (non-hydrogen) atoms. The minimum Gasteiger partial charge on any atom is -0.508 e. The lowest BCUT2D eigenvalue weighted by atomic mass is 9.81. The average molecular weight is 538 g/mol. The van der Waals surface area contributed by atoms with Crippen molar-refractivity contribution in [2.75, 3.05) is 19.6 Å². The highest BCUT2D eigenvalue weighted by Crippen LogP contribution is 2.51. The normalized spacial score (nSPS) is 21.8. The largest absolute Gasteiger partial charge is 0.508 e. The van der Waals surface area contributed by atoms with Gasteiger partial charge in [0.25, 0.3) is 5.91 Å². The molecule has 2 aromatic carbocycles. The number of benzene rings is 2. The van der Waals surface area contributed by atoms with Crippen LogP contribution >= 0.6 is 15.9 Å². The zero-order valence-corrected chi connectivity index (χ0v) is 22.2. The number of fused-ring (bicyclic) bond motifs is 4. The van der Waals surface area contributed by atoms with Crippen molar-refractivity contribution in [3.63, 3.8) is 0 Å². The van der Waals surface area contributed by atoms with Gasteiger partial charge in [0.2, 0.25) is 0 Å². The molecule has 184 valence electrons. The number of rotatable bonds is 7. The Bertz CT molecular complexity index is 1300. The number of phenols is 1. The van der Waals surface area contributed by atoms with Crippen LogP contribution in [-0.4, -0.2) is 51.0 Å². The Hall–Kier alpha value is -2.77. The summed E-state index contributed by atoms with van der Waals surface area (Å²) in [5.74, 6) is 1.62. The van der Waals surface area contributed by atoms with Crippen LogP contribution in [0.5, 0.6) is 5.75 Å². The van der Waals surface area contributed by atoms with Crippen molar-refractivity contribution in [1.29, 1.82) is 0 Å². The summed E-state index contributed by atoms with van der Waals surface area (Å²) < 4.78 is 1.01. The van der Waals surface area contributed by atoms with E-state index in [0.717, 1.165) is 57.5 Å². The fourth-order valence-electron chi connectivity index (χ4n) is 5.65. The Morgan fingerprint density at radius 2 is 2.09 bits per heavy atom. The van der Waals surface area contributed by atoms with Crippen LogP contribution in [-0.2, 0) is 11.2 Å². The predicted molar refractivity (Wildman–Crippen MR) is 143 cm³/mol. The van der Waals surface area contributed by atoms with Crippen LogP contribution in [0.1, 0.15) is 50.1 Å². The molecule has 0 bridgehead atoms. The van der Waals surface area contributed by atoms with Crippen LogP contribution < -0.4 is 5.32 Å². The summed E-state index contributed by atoms with van der Waals surface area (Å²) in [7, 11) is 0. The Morgan fingerprint density at radius 1 is 1.29 bits per heavy atom. The monoisotopic (exact) mass is 536 g/mol. The van der Waals surface area contributed by atoms with Crippen LogP contribution in [0.25, 0.3) is 10.9 Å². The van der Waals surface area contributed by atoms with E-state index in [0.29, 0.717) is 18.9 Å². The maximum atomic E-state index is 14.0. The number of aromatic hydroxyl groups is 1. The van der Waals surface area contributed by atoms with E-state index in [1.165, 1.54) is 0 Å². The summed E-state index contributed by atoms with van der Waals surface area (Å²) in [6.45, 7) is 13.3. The van der Waals surface area contributed by atoms with Crippen LogP contribution in [0.2, 0.25) is 0 Å². The van der Waals surface area contributed by atoms with Gasteiger partial charge in [-0.25, -0.2) is 0 Å². The lowest BCUT2D eigenvalue weighted by Crippen LogP contribution is -2.52. The molecule has 5 rings (SSSR count). The van der Waals surface area contributed by atoms with Crippen molar-refractivity contribution in [2.24, 2.45) is 5.92 Å². The van der Waals surface area contributed by atoms with E-state index in [1.54, 1.807) is 12.1 Å². The summed E-state index contributed by atoms with van der Waals surface area (Å²) >= 11 is 3.61. The molecule has 0 unspecified atom stereocenters. The van der Waals surface area contributed by atoms with E-state index in [1.807, 2.05) is 30.0 Å². The van der Waals surface area contributed by atoms with Gasteiger partial charge in [-0.05, 0) is 73.8 Å². The van der Waals surface area contributed by atoms with Gasteiger partial charge in [0.05, 0.1) is 6.04 Å². The fourth-order valence-corrected chi connectivity index (χ4v) is 6.01. The Kier molecular flexibility index (Phi) is 6.18. The van der Waals surface area contributed by atoms with Gasteiger partial charge in [0.1, 0.15) is 17.1 Å². The van der Waals surface area contributed by atoms with Gasteiger partial charge in [-0.2, -0.15) is 0 Å². The highest BCUT2D eigenvalue weighted by Gasteiger charge is 2.57. The van der Waals surface area contributed by atoms with Crippen molar-refractivity contribution in [3.8, 4) is 5.75 Å². The molecule has 1 saturated heterocycles. The van der Waals surface area contributed by atoms with Crippen LogP contribution in [0.3, 0.4) is 0 Å². The van der Waals surface area contributed by atoms with E-state index in [4.69, 9.17) is 0 Å². The maximum Gasteiger partial charge on any atom is 0.254 e. The molecule has 0 aliphatic carbocycles. The third-order valence-corrected chi connectivity index (χ3v) is 7.75. The van der Waals surface area contributed by atoms with Crippen molar-refractivity contribution >= 4 is 32.7 Å². The zero-order valence-electron chi connectivity index (χ0n) is 20.6. The number of hydrogen-bond acceptors (Lipinski definition) is 4. The molecule has 0 saturated carbocycles. The molecule has 2 aliphatic rings. The van der Waals surface area contributed by atoms with Crippen LogP contribution in [0.4, 0.5) is 0 Å². The van der Waals surface area contributed by atoms with E-state index in [2.05, 4.69) is 63.7 Å². The van der Waals surface area contributed by atoms with Crippen molar-refractivity contribution in [3.05, 3.63) is 76.2 Å². The second-order valence-electron chi connectivity index (χ2n) is 10.3. The van der Waals surface area contributed by atoms with Gasteiger partial charge in [0, 0.05) is 34.0 Å². The summed E-state index contributed by atoms with van der Waals surface area (Å²) in [5, 5.41) is 14.9. The third kappa shape index (κ3) is 4.04. The topological polar surface area (TPSA) is 71.6 Å². The average Bonchev–Trinajstić information content (AvgIpc) is 3.24. The summed E-state index contributed by atoms with van der Waals surface area (Å²) in [5.41, 5.74) is 3.41. The van der Waals surface area contributed by atoms with E-state index >= 15 is 0 Å². The smallest absolute Gasteiger partial charge is 0.254 e. The summed E-state index contributed by atoms with van der Waals surface area (Å²) in [4.78, 5) is 21.6. The molecule has 0 spiro atoms. The number of aromatic amines is 1. The summed E-state index contributed by atoms with van der Waals surface area (Å²) in [6, 6.07) is 13.3. The molecule has 2 aliphatic heterocycles. The molecular formula is C28H33BrN4O2. The second-order valence-corrected chi connectivity index (χ2v) is 11.3. The zero-order chi connectivity index (χ0) is 24.9. The molecule has 3 heterocycles. The molecule has 3 aromatic rings. The van der Waals surface area contributed by atoms with Gasteiger partial charge in [-0.1, -0.05) is 48.5 Å². The van der Waals surface area contributed by atoms with E-state index in [9.17, 15) is 9.90 Å². The second kappa shape index (κ2) is 9.03. The molecule has 1 amide bonds. The first-order valence-corrected chi connectivity index (χ1v) is 13.1. The fraction of sp³-hybridized carbons (Fsp3) is 0.393. The number of amides is 1. The van der Waals surface area contributed by atoms with Crippen molar-refractivity contribution in [1.82, 2.24) is 20.1 Å². The van der Waals surface area contributed by atoms with E-state index < -0.39 is 5.54 Å². The number of nitrogens with one attached hydrogen (secondary N) is 2. The lowest BCUT2D eigenvalue weighted by Gasteiger charge is -2.44. The number of halogens is 1. The van der Waals surface area contributed by atoms with Crippen LogP contribution in [0, 0.1) is 5.92 Å². The molecule has 0 radical (unpaired) electrons. The first kappa shape index (κ1) is 23.9. The summed E-state index contributed by atoms with van der Waals surface area (Å²) in [6.07, 6.45) is 1.45. The molecule has 1 fully saturated rings. The molecule has 1 aromatic heterocycles. The van der Waals surface area contributed by atoms with Crippen LogP contribution in [0.15, 0.2) is 59.3 Å². The minimum atomic E-state index is -0.761. The highest BCUT2D eigenvalue weighted by atomic mass is 79.9. The molecule has 6 nitrogen and oxygen atoms in total. The molecular weight excluding hydrogens is 504 g/mol. The number of hydrogen-bond donors (Lipinski definition) is 3. The molecule has 2 atom stereocenters. The van der Waals surface area contributed by atoms with Gasteiger partial charge >= 0.3 is 0 Å². The predicted octanol–water partition coefficient (Wildman–Crippen LogP) is 5.29. The SMILES string of the molecule is C=C1N(CCCNCC(C)C)C(=O)[C@]2(C)Cc3c([nH]c4ccc(Br)cc34)[C@@H](c3cccc(O)c3)N12. The number of carbonyl (C=O) groups is 1. The standard InChI is InChI=1S/C28H33BrN4O2/c1-17(2)16-30-11-6-12-32-18(3)33-26(19-7-5-8-21(34)13-19)25-23(15-28(33,4)27(32)35)22-14-20(29)9-10-24(22)31-25/h5,7-10,13-14,17,26,30-31,34H,3,6,11-12,15-16H2,1-2,4H3/t26-,28+/m1/s1. The molecule has 7 heteroatoms. The quantitative estimate of drug-likeness (QED) is 0.358. The number of carbonyl (C=O) groups excluding carboxylic acids is 1.